The Morgan fingerprint density at radius 3 is 2.62 bits per heavy atom. The van der Waals surface area contributed by atoms with Gasteiger partial charge in [-0.3, -0.25) is 9.69 Å². The second kappa shape index (κ2) is 4.58. The molecule has 1 aliphatic heterocycles. The van der Waals surface area contributed by atoms with Gasteiger partial charge in [-0.2, -0.15) is 0 Å². The number of likely N-dealkylation sites (tertiary alicyclic amines) is 1. The second-order valence-electron chi connectivity index (χ2n) is 3.82. The molecule has 0 amide bonds. The number of piperidine rings is 1. The first kappa shape index (κ1) is 10.5. The van der Waals surface area contributed by atoms with Gasteiger partial charge in [-0.1, -0.05) is 0 Å². The number of carboxylic acids is 1. The summed E-state index contributed by atoms with van der Waals surface area (Å²) in [4.78, 5) is 12.7. The van der Waals surface area contributed by atoms with E-state index in [4.69, 9.17) is 10.8 Å². The molecule has 1 saturated heterocycles. The molecular weight excluding hydrogens is 168 g/mol. The van der Waals surface area contributed by atoms with Crippen molar-refractivity contribution in [1.29, 1.82) is 0 Å². The molecule has 1 heterocycles. The lowest BCUT2D eigenvalue weighted by Gasteiger charge is -2.34. The number of nitrogens with zero attached hydrogens (tertiary/aromatic N) is 1. The Bertz CT molecular complexity index is 176. The molecule has 76 valence electrons. The van der Waals surface area contributed by atoms with Crippen LogP contribution in [0.1, 0.15) is 26.2 Å². The lowest BCUT2D eigenvalue weighted by atomic mass is 10.0. The van der Waals surface area contributed by atoms with Crippen LogP contribution in [0.4, 0.5) is 0 Å². The highest BCUT2D eigenvalue weighted by Crippen LogP contribution is 2.13. The van der Waals surface area contributed by atoms with E-state index in [2.05, 4.69) is 4.90 Å². The number of carbonyl (C=O) groups is 1. The van der Waals surface area contributed by atoms with E-state index in [-0.39, 0.29) is 12.5 Å². The molecule has 13 heavy (non-hydrogen) atoms. The van der Waals surface area contributed by atoms with Gasteiger partial charge in [-0.25, -0.2) is 0 Å². The molecule has 1 atom stereocenters. The summed E-state index contributed by atoms with van der Waals surface area (Å²) in [5, 5.41) is 8.62. The predicted octanol–water partition coefficient (Wildman–Crippen LogP) is 0.273. The topological polar surface area (TPSA) is 66.6 Å². The molecule has 1 aliphatic rings. The van der Waals surface area contributed by atoms with Crippen molar-refractivity contribution in [2.75, 3.05) is 13.1 Å². The minimum absolute atomic E-state index is 0.144. The zero-order valence-corrected chi connectivity index (χ0v) is 8.07. The third-order valence-electron chi connectivity index (χ3n) is 2.67. The van der Waals surface area contributed by atoms with Crippen molar-refractivity contribution in [1.82, 2.24) is 4.90 Å². The van der Waals surface area contributed by atoms with Gasteiger partial charge >= 0.3 is 5.97 Å². The molecule has 0 radical (unpaired) electrons. The van der Waals surface area contributed by atoms with Crippen LogP contribution >= 0.6 is 0 Å². The van der Waals surface area contributed by atoms with Crippen LogP contribution in [-0.2, 0) is 4.79 Å². The summed E-state index contributed by atoms with van der Waals surface area (Å²) >= 11 is 0. The van der Waals surface area contributed by atoms with Gasteiger partial charge in [0.1, 0.15) is 0 Å². The zero-order chi connectivity index (χ0) is 9.84. The van der Waals surface area contributed by atoms with Gasteiger partial charge in [0, 0.05) is 12.1 Å². The summed E-state index contributed by atoms with van der Waals surface area (Å²) in [7, 11) is 0. The van der Waals surface area contributed by atoms with Crippen LogP contribution in [0.15, 0.2) is 0 Å². The van der Waals surface area contributed by atoms with E-state index < -0.39 is 5.97 Å². The van der Waals surface area contributed by atoms with Gasteiger partial charge in [-0.15, -0.1) is 0 Å². The molecule has 4 heteroatoms. The Morgan fingerprint density at radius 2 is 2.15 bits per heavy atom. The molecule has 3 N–H and O–H groups in total. The predicted molar refractivity (Wildman–Crippen MR) is 50.5 cm³/mol. The molecule has 0 spiro atoms. The SMILES string of the molecule is CC(CC(=O)O)N1CCC(N)CC1. The quantitative estimate of drug-likeness (QED) is 0.664. The Kier molecular flexibility index (Phi) is 3.69. The van der Waals surface area contributed by atoms with Crippen molar-refractivity contribution >= 4 is 5.97 Å². The van der Waals surface area contributed by atoms with Crippen LogP contribution in [0.5, 0.6) is 0 Å². The first-order valence-electron chi connectivity index (χ1n) is 4.81. The van der Waals surface area contributed by atoms with Gasteiger partial charge in [0.25, 0.3) is 0 Å². The fourth-order valence-corrected chi connectivity index (χ4v) is 1.74. The number of nitrogens with two attached hydrogens (primary N) is 1. The van der Waals surface area contributed by atoms with Crippen molar-refractivity contribution in [2.45, 2.75) is 38.3 Å². The molecule has 0 aromatic rings. The molecule has 0 bridgehead atoms. The van der Waals surface area contributed by atoms with Crippen LogP contribution < -0.4 is 5.73 Å². The highest BCUT2D eigenvalue weighted by Gasteiger charge is 2.21. The molecule has 0 aromatic carbocycles. The standard InChI is InChI=1S/C9H18N2O2/c1-7(6-9(12)13)11-4-2-8(10)3-5-11/h7-8H,2-6,10H2,1H3,(H,12,13). The average molecular weight is 186 g/mol. The van der Waals surface area contributed by atoms with Crippen LogP contribution in [0.25, 0.3) is 0 Å². The van der Waals surface area contributed by atoms with Crippen LogP contribution in [-0.4, -0.2) is 41.1 Å². The maximum Gasteiger partial charge on any atom is 0.304 e. The Labute approximate surface area is 78.7 Å². The lowest BCUT2D eigenvalue weighted by molar-refractivity contribution is -0.138. The molecule has 1 fully saturated rings. The second-order valence-corrected chi connectivity index (χ2v) is 3.82. The Hall–Kier alpha value is -0.610. The van der Waals surface area contributed by atoms with Crippen molar-refractivity contribution in [3.05, 3.63) is 0 Å². The summed E-state index contributed by atoms with van der Waals surface area (Å²) in [6.07, 6.45) is 2.21. The first-order chi connectivity index (χ1) is 6.09. The largest absolute Gasteiger partial charge is 0.481 e. The molecule has 1 rings (SSSR count). The monoisotopic (exact) mass is 186 g/mol. The summed E-state index contributed by atoms with van der Waals surface area (Å²) in [5.41, 5.74) is 5.76. The van der Waals surface area contributed by atoms with Gasteiger partial charge in [0.05, 0.1) is 6.42 Å². The number of aliphatic carboxylic acids is 1. The molecule has 1 unspecified atom stereocenters. The number of rotatable bonds is 3. The zero-order valence-electron chi connectivity index (χ0n) is 8.07. The van der Waals surface area contributed by atoms with E-state index in [1.165, 1.54) is 0 Å². The van der Waals surface area contributed by atoms with Crippen molar-refractivity contribution in [3.63, 3.8) is 0 Å². The Morgan fingerprint density at radius 1 is 1.62 bits per heavy atom. The highest BCUT2D eigenvalue weighted by atomic mass is 16.4. The number of hydrogen-bond donors (Lipinski definition) is 2. The smallest absolute Gasteiger partial charge is 0.304 e. The summed E-state index contributed by atoms with van der Waals surface area (Å²) < 4.78 is 0. The maximum absolute atomic E-state index is 10.5. The fraction of sp³-hybridized carbons (Fsp3) is 0.889. The van der Waals surface area contributed by atoms with E-state index in [0.717, 1.165) is 25.9 Å². The van der Waals surface area contributed by atoms with Crippen molar-refractivity contribution in [3.8, 4) is 0 Å². The van der Waals surface area contributed by atoms with Gasteiger partial charge in [-0.05, 0) is 32.9 Å². The fourth-order valence-electron chi connectivity index (χ4n) is 1.74. The van der Waals surface area contributed by atoms with E-state index in [9.17, 15) is 4.79 Å². The highest BCUT2D eigenvalue weighted by molar-refractivity contribution is 5.67. The molecule has 0 saturated carbocycles. The van der Waals surface area contributed by atoms with Crippen LogP contribution in [0.3, 0.4) is 0 Å². The van der Waals surface area contributed by atoms with Crippen molar-refractivity contribution in [2.24, 2.45) is 5.73 Å². The van der Waals surface area contributed by atoms with E-state index in [0.29, 0.717) is 6.04 Å². The summed E-state index contributed by atoms with van der Waals surface area (Å²) in [5.74, 6) is -0.720. The first-order valence-corrected chi connectivity index (χ1v) is 4.81. The Balaban J connectivity index is 2.31. The van der Waals surface area contributed by atoms with Gasteiger partial charge in [0.2, 0.25) is 0 Å². The molecule has 4 nitrogen and oxygen atoms in total. The summed E-state index contributed by atoms with van der Waals surface area (Å²) in [6.45, 7) is 3.84. The van der Waals surface area contributed by atoms with E-state index in [1.54, 1.807) is 0 Å². The van der Waals surface area contributed by atoms with Gasteiger partial charge < -0.3 is 10.8 Å². The molecule has 0 aromatic heterocycles. The summed E-state index contributed by atoms with van der Waals surface area (Å²) in [6, 6.07) is 0.457. The van der Waals surface area contributed by atoms with Crippen LogP contribution in [0, 0.1) is 0 Å². The van der Waals surface area contributed by atoms with Gasteiger partial charge in [0.15, 0.2) is 0 Å². The third kappa shape index (κ3) is 3.32. The molecular formula is C9H18N2O2. The number of carboxylic acid groups (broad SMARTS) is 1. The van der Waals surface area contributed by atoms with Crippen LogP contribution in [0.2, 0.25) is 0 Å². The minimum Gasteiger partial charge on any atom is -0.481 e. The van der Waals surface area contributed by atoms with Crippen molar-refractivity contribution < 1.29 is 9.90 Å². The lowest BCUT2D eigenvalue weighted by Crippen LogP contribution is -2.44. The normalized spacial score (nSPS) is 22.9. The average Bonchev–Trinajstić information content (AvgIpc) is 2.04. The van der Waals surface area contributed by atoms with E-state index in [1.807, 2.05) is 6.92 Å². The maximum atomic E-state index is 10.5. The van der Waals surface area contributed by atoms with E-state index >= 15 is 0 Å². The number of hydrogen-bond acceptors (Lipinski definition) is 3. The third-order valence-corrected chi connectivity index (χ3v) is 2.67. The minimum atomic E-state index is -0.720. The molecule has 0 aliphatic carbocycles.